The average Bonchev–Trinajstić information content (AvgIpc) is 2.47. The summed E-state index contributed by atoms with van der Waals surface area (Å²) < 4.78 is 0. The van der Waals surface area contributed by atoms with Gasteiger partial charge in [0.25, 0.3) is 11.6 Å². The van der Waals surface area contributed by atoms with Crippen LogP contribution in [0.5, 0.6) is 0 Å². The van der Waals surface area contributed by atoms with E-state index in [1.807, 2.05) is 0 Å². The summed E-state index contributed by atoms with van der Waals surface area (Å²) in [5.41, 5.74) is -0.431. The smallest absolute Gasteiger partial charge is 0.337 e. The number of nitrogens with zero attached hydrogens (tertiary/aromatic N) is 2. The summed E-state index contributed by atoms with van der Waals surface area (Å²) in [5, 5.41) is 22.1. The van der Waals surface area contributed by atoms with E-state index < -0.39 is 16.8 Å². The zero-order valence-electron chi connectivity index (χ0n) is 10.5. The highest BCUT2D eigenvalue weighted by atomic mass is 16.6. The van der Waals surface area contributed by atoms with Gasteiger partial charge in [-0.25, -0.2) is 4.79 Å². The number of carboxylic acids is 1. The van der Waals surface area contributed by atoms with Crippen LogP contribution in [-0.2, 0) is 0 Å². The molecule has 0 aliphatic rings. The van der Waals surface area contributed by atoms with Crippen molar-refractivity contribution in [1.29, 1.82) is 0 Å². The molecule has 2 rings (SSSR count). The van der Waals surface area contributed by atoms with Crippen molar-refractivity contribution in [3.05, 3.63) is 64.0 Å². The molecule has 1 aromatic heterocycles. The molecule has 0 saturated carbocycles. The Hall–Kier alpha value is -3.29. The lowest BCUT2D eigenvalue weighted by molar-refractivity contribution is -0.384. The molecular weight excluding hydrogens is 278 g/mol. The van der Waals surface area contributed by atoms with Gasteiger partial charge in [-0.15, -0.1) is 0 Å². The van der Waals surface area contributed by atoms with E-state index in [-0.39, 0.29) is 22.5 Å². The summed E-state index contributed by atoms with van der Waals surface area (Å²) in [6.07, 6.45) is 2.81. The second kappa shape index (κ2) is 5.78. The van der Waals surface area contributed by atoms with E-state index in [9.17, 15) is 19.7 Å². The maximum atomic E-state index is 12.0. The van der Waals surface area contributed by atoms with Crippen LogP contribution in [0.4, 0.5) is 11.4 Å². The van der Waals surface area contributed by atoms with Gasteiger partial charge >= 0.3 is 5.97 Å². The molecule has 0 aliphatic carbocycles. The predicted octanol–water partition coefficient (Wildman–Crippen LogP) is 1.94. The maximum Gasteiger partial charge on any atom is 0.337 e. The number of amides is 1. The van der Waals surface area contributed by atoms with E-state index in [0.717, 1.165) is 18.2 Å². The molecule has 0 unspecified atom stereocenters. The van der Waals surface area contributed by atoms with Crippen LogP contribution in [0.25, 0.3) is 0 Å². The van der Waals surface area contributed by atoms with Crippen molar-refractivity contribution >= 4 is 23.3 Å². The number of carboxylic acid groups (broad SMARTS) is 1. The fourth-order valence-electron chi connectivity index (χ4n) is 1.63. The topological polar surface area (TPSA) is 122 Å². The quantitative estimate of drug-likeness (QED) is 0.654. The Balaban J connectivity index is 2.37. The average molecular weight is 287 g/mol. The van der Waals surface area contributed by atoms with Crippen molar-refractivity contribution in [2.75, 3.05) is 5.32 Å². The highest BCUT2D eigenvalue weighted by molar-refractivity contribution is 6.07. The minimum absolute atomic E-state index is 0.140. The van der Waals surface area contributed by atoms with E-state index in [1.165, 1.54) is 24.5 Å². The van der Waals surface area contributed by atoms with E-state index >= 15 is 0 Å². The Morgan fingerprint density at radius 1 is 1.19 bits per heavy atom. The largest absolute Gasteiger partial charge is 0.478 e. The van der Waals surface area contributed by atoms with Crippen molar-refractivity contribution in [2.24, 2.45) is 0 Å². The number of aromatic nitrogens is 1. The highest BCUT2D eigenvalue weighted by Crippen LogP contribution is 2.23. The zero-order chi connectivity index (χ0) is 15.4. The third-order valence-electron chi connectivity index (χ3n) is 2.64. The number of carbonyl (C=O) groups excluding carboxylic acids is 1. The number of nitro groups is 1. The van der Waals surface area contributed by atoms with Gasteiger partial charge in [0.15, 0.2) is 0 Å². The molecule has 0 atom stereocenters. The lowest BCUT2D eigenvalue weighted by Gasteiger charge is -2.08. The Kier molecular flexibility index (Phi) is 3.89. The van der Waals surface area contributed by atoms with Crippen LogP contribution in [0.2, 0.25) is 0 Å². The number of rotatable bonds is 4. The summed E-state index contributed by atoms with van der Waals surface area (Å²) in [6.45, 7) is 0. The number of nitrogens with one attached hydrogen (secondary N) is 1. The summed E-state index contributed by atoms with van der Waals surface area (Å²) in [5.74, 6) is -1.88. The van der Waals surface area contributed by atoms with Crippen LogP contribution in [0.15, 0.2) is 42.7 Å². The number of hydrogen-bond acceptors (Lipinski definition) is 5. The van der Waals surface area contributed by atoms with E-state index in [0.29, 0.717) is 0 Å². The van der Waals surface area contributed by atoms with E-state index in [4.69, 9.17) is 5.11 Å². The normalized spacial score (nSPS) is 9.90. The van der Waals surface area contributed by atoms with Gasteiger partial charge in [-0.1, -0.05) is 0 Å². The minimum atomic E-state index is -1.30. The molecule has 2 aromatic rings. The maximum absolute atomic E-state index is 12.0. The molecule has 106 valence electrons. The third-order valence-corrected chi connectivity index (χ3v) is 2.64. The minimum Gasteiger partial charge on any atom is -0.478 e. The molecule has 2 N–H and O–H groups in total. The molecule has 0 saturated heterocycles. The third kappa shape index (κ3) is 3.18. The van der Waals surface area contributed by atoms with E-state index in [1.54, 1.807) is 0 Å². The lowest BCUT2D eigenvalue weighted by Crippen LogP contribution is -2.15. The second-order valence-corrected chi connectivity index (χ2v) is 3.98. The number of pyridine rings is 1. The lowest BCUT2D eigenvalue weighted by atomic mass is 10.1. The van der Waals surface area contributed by atoms with Crippen LogP contribution in [-0.4, -0.2) is 26.9 Å². The van der Waals surface area contributed by atoms with Gasteiger partial charge in [0.2, 0.25) is 0 Å². The van der Waals surface area contributed by atoms with Crippen molar-refractivity contribution in [3.8, 4) is 0 Å². The number of carbonyl (C=O) groups is 2. The molecule has 8 heteroatoms. The zero-order valence-corrected chi connectivity index (χ0v) is 10.5. The van der Waals surface area contributed by atoms with Crippen molar-refractivity contribution in [1.82, 2.24) is 4.98 Å². The molecule has 8 nitrogen and oxygen atoms in total. The first kappa shape index (κ1) is 14.1. The van der Waals surface area contributed by atoms with Crippen molar-refractivity contribution in [3.63, 3.8) is 0 Å². The summed E-state index contributed by atoms with van der Waals surface area (Å²) >= 11 is 0. The van der Waals surface area contributed by atoms with Crippen LogP contribution in [0.1, 0.15) is 20.7 Å². The Labute approximate surface area is 118 Å². The van der Waals surface area contributed by atoms with Gasteiger partial charge in [0.1, 0.15) is 0 Å². The monoisotopic (exact) mass is 287 g/mol. The Morgan fingerprint density at radius 2 is 1.86 bits per heavy atom. The first-order valence-electron chi connectivity index (χ1n) is 5.72. The predicted molar refractivity (Wildman–Crippen MR) is 72.2 cm³/mol. The van der Waals surface area contributed by atoms with Gasteiger partial charge in [-0.05, 0) is 18.2 Å². The van der Waals surface area contributed by atoms with Crippen LogP contribution in [0.3, 0.4) is 0 Å². The summed E-state index contributed by atoms with van der Waals surface area (Å²) in [7, 11) is 0. The van der Waals surface area contributed by atoms with Crippen LogP contribution >= 0.6 is 0 Å². The number of non-ortho nitro benzene ring substituents is 1. The van der Waals surface area contributed by atoms with Gasteiger partial charge in [-0.3, -0.25) is 19.9 Å². The van der Waals surface area contributed by atoms with Gasteiger partial charge in [0.05, 0.1) is 16.2 Å². The second-order valence-electron chi connectivity index (χ2n) is 3.98. The summed E-state index contributed by atoms with van der Waals surface area (Å²) in [6, 6.07) is 6.01. The molecule has 21 heavy (non-hydrogen) atoms. The molecule has 0 fully saturated rings. The first-order chi connectivity index (χ1) is 9.99. The number of hydrogen-bond donors (Lipinski definition) is 2. The number of anilines is 1. The Bertz CT molecular complexity index is 715. The first-order valence-corrected chi connectivity index (χ1v) is 5.72. The Morgan fingerprint density at radius 3 is 2.43 bits per heavy atom. The standard InChI is InChI=1S/C13H9N3O5/c17-12(8-3-5-14-6-4-8)15-11-7-9(16(20)21)1-2-10(11)13(18)19/h1-7H,(H,15,17)(H,18,19). The molecule has 1 heterocycles. The van der Waals surface area contributed by atoms with Crippen LogP contribution in [0, 0.1) is 10.1 Å². The van der Waals surface area contributed by atoms with Gasteiger partial charge in [-0.2, -0.15) is 0 Å². The molecule has 1 aromatic carbocycles. The van der Waals surface area contributed by atoms with Crippen molar-refractivity contribution < 1.29 is 19.6 Å². The molecular formula is C13H9N3O5. The fourth-order valence-corrected chi connectivity index (χ4v) is 1.63. The number of nitro benzene ring substituents is 1. The number of aromatic carboxylic acids is 1. The summed E-state index contributed by atoms with van der Waals surface area (Å²) in [4.78, 5) is 36.9. The fraction of sp³-hybridized carbons (Fsp3) is 0. The van der Waals surface area contributed by atoms with Crippen molar-refractivity contribution in [2.45, 2.75) is 0 Å². The molecule has 0 spiro atoms. The molecule has 0 bridgehead atoms. The molecule has 0 radical (unpaired) electrons. The van der Waals surface area contributed by atoms with Crippen LogP contribution < -0.4 is 5.32 Å². The van der Waals surface area contributed by atoms with E-state index in [2.05, 4.69) is 10.3 Å². The molecule has 1 amide bonds. The van der Waals surface area contributed by atoms with Gasteiger partial charge < -0.3 is 10.4 Å². The highest BCUT2D eigenvalue weighted by Gasteiger charge is 2.17. The SMILES string of the molecule is O=C(Nc1cc([N+](=O)[O-])ccc1C(=O)O)c1ccncc1. The van der Waals surface area contributed by atoms with Gasteiger partial charge in [0, 0.05) is 30.1 Å². The molecule has 0 aliphatic heterocycles. The number of benzene rings is 1.